The van der Waals surface area contributed by atoms with Gasteiger partial charge in [-0.3, -0.25) is 14.4 Å². The van der Waals surface area contributed by atoms with Crippen molar-refractivity contribution in [3.8, 4) is 11.5 Å². The summed E-state index contributed by atoms with van der Waals surface area (Å²) in [6.45, 7) is 0. The van der Waals surface area contributed by atoms with E-state index in [1.807, 2.05) is 36.4 Å². The van der Waals surface area contributed by atoms with E-state index in [-0.39, 0.29) is 17.4 Å². The van der Waals surface area contributed by atoms with Crippen LogP contribution in [0, 0.1) is 5.92 Å². The lowest BCUT2D eigenvalue weighted by molar-refractivity contribution is -0.126. The molecule has 2 fully saturated rings. The van der Waals surface area contributed by atoms with Crippen LogP contribution in [-0.4, -0.2) is 30.1 Å². The van der Waals surface area contributed by atoms with Gasteiger partial charge in [0.15, 0.2) is 17.6 Å². The molecule has 3 aromatic rings. The molecule has 0 saturated carbocycles. The first-order chi connectivity index (χ1) is 15.1. The van der Waals surface area contributed by atoms with Crippen LogP contribution in [0.4, 0.5) is 11.4 Å². The highest BCUT2D eigenvalue weighted by molar-refractivity contribution is 6.23. The predicted molar refractivity (Wildman–Crippen MR) is 114 cm³/mol. The van der Waals surface area contributed by atoms with Crippen molar-refractivity contribution in [3.05, 3.63) is 84.4 Å². The number of hydrogen-bond acceptors (Lipinski definition) is 6. The number of benzene rings is 3. The van der Waals surface area contributed by atoms with E-state index in [1.54, 1.807) is 41.5 Å². The maximum Gasteiger partial charge on any atom is 0.266 e. The second kappa shape index (κ2) is 7.45. The van der Waals surface area contributed by atoms with Crippen molar-refractivity contribution in [2.24, 2.45) is 5.92 Å². The first kappa shape index (κ1) is 19.1. The number of phenolic OH excluding ortho intramolecular Hbond substituents is 1. The lowest BCUT2D eigenvalue weighted by Crippen LogP contribution is -2.37. The molecule has 31 heavy (non-hydrogen) atoms. The zero-order valence-corrected chi connectivity index (χ0v) is 16.7. The molecule has 7 heteroatoms. The number of aromatic hydroxyl groups is 1. The number of nitrogens with zero attached hydrogens (tertiary/aromatic N) is 2. The lowest BCUT2D eigenvalue weighted by atomic mass is 9.90. The summed E-state index contributed by atoms with van der Waals surface area (Å²) in [4.78, 5) is 34.0. The highest BCUT2D eigenvalue weighted by atomic mass is 16.7. The average Bonchev–Trinajstić information content (AvgIpc) is 3.31. The molecular weight excluding hydrogens is 396 g/mol. The zero-order valence-electron chi connectivity index (χ0n) is 16.7. The first-order valence-corrected chi connectivity index (χ1v) is 9.91. The van der Waals surface area contributed by atoms with Crippen LogP contribution in [0.15, 0.2) is 78.9 Å². The van der Waals surface area contributed by atoms with E-state index in [0.717, 1.165) is 5.69 Å². The van der Waals surface area contributed by atoms with Crippen LogP contribution in [0.1, 0.15) is 11.6 Å². The Bertz CT molecular complexity index is 1140. The van der Waals surface area contributed by atoms with Crippen LogP contribution >= 0.6 is 0 Å². The standard InChI is InChI=1S/C24H20N2O5/c1-30-19-14-15(12-13-18(19)27)21-20-22(31-26(21)17-10-6-3-7-11-17)24(29)25(23(20)28)16-8-4-2-5-9-16/h2-14,20-22,27H,1H3/t20-,21+,22+/m1/s1. The van der Waals surface area contributed by atoms with E-state index in [0.29, 0.717) is 11.3 Å². The minimum absolute atomic E-state index is 0.00675. The van der Waals surface area contributed by atoms with E-state index in [1.165, 1.54) is 18.1 Å². The molecule has 7 nitrogen and oxygen atoms in total. The topological polar surface area (TPSA) is 79.3 Å². The van der Waals surface area contributed by atoms with Crippen molar-refractivity contribution < 1.29 is 24.3 Å². The summed E-state index contributed by atoms with van der Waals surface area (Å²) in [6, 6.07) is 22.5. The number of carbonyl (C=O) groups is 2. The Morgan fingerprint density at radius 1 is 0.871 bits per heavy atom. The molecule has 0 radical (unpaired) electrons. The molecule has 0 unspecified atom stereocenters. The van der Waals surface area contributed by atoms with Crippen LogP contribution in [-0.2, 0) is 14.4 Å². The van der Waals surface area contributed by atoms with Crippen molar-refractivity contribution in [1.82, 2.24) is 0 Å². The van der Waals surface area contributed by atoms with Gasteiger partial charge < -0.3 is 9.84 Å². The van der Waals surface area contributed by atoms with Gasteiger partial charge in [0.1, 0.15) is 5.92 Å². The normalized spacial score (nSPS) is 22.7. The van der Waals surface area contributed by atoms with Gasteiger partial charge in [-0.05, 0) is 42.0 Å². The molecule has 0 aliphatic carbocycles. The Balaban J connectivity index is 1.61. The van der Waals surface area contributed by atoms with Gasteiger partial charge in [0.05, 0.1) is 24.5 Å². The molecule has 2 aliphatic rings. The number of imide groups is 1. The molecule has 2 heterocycles. The number of ether oxygens (including phenoxy) is 1. The lowest BCUT2D eigenvalue weighted by Gasteiger charge is -2.29. The third-order valence-corrected chi connectivity index (χ3v) is 5.69. The van der Waals surface area contributed by atoms with E-state index in [4.69, 9.17) is 9.57 Å². The summed E-state index contributed by atoms with van der Waals surface area (Å²) in [5, 5.41) is 11.6. The summed E-state index contributed by atoms with van der Waals surface area (Å²) in [5.74, 6) is -1.19. The Labute approximate surface area is 179 Å². The highest BCUT2D eigenvalue weighted by Crippen LogP contribution is 2.48. The van der Waals surface area contributed by atoms with Crippen LogP contribution in [0.3, 0.4) is 0 Å². The number of phenols is 1. The minimum atomic E-state index is -0.947. The largest absolute Gasteiger partial charge is 0.504 e. The number of para-hydroxylation sites is 2. The first-order valence-electron chi connectivity index (χ1n) is 9.91. The summed E-state index contributed by atoms with van der Waals surface area (Å²) >= 11 is 0. The molecule has 3 atom stereocenters. The van der Waals surface area contributed by atoms with Gasteiger partial charge >= 0.3 is 0 Å². The maximum absolute atomic E-state index is 13.5. The van der Waals surface area contributed by atoms with Gasteiger partial charge in [0.2, 0.25) is 5.91 Å². The Hall–Kier alpha value is -3.84. The minimum Gasteiger partial charge on any atom is -0.504 e. The van der Waals surface area contributed by atoms with E-state index < -0.39 is 24.0 Å². The Morgan fingerprint density at radius 3 is 2.16 bits per heavy atom. The van der Waals surface area contributed by atoms with Gasteiger partial charge in [-0.25, -0.2) is 9.96 Å². The molecule has 0 aromatic heterocycles. The molecule has 2 aliphatic heterocycles. The molecule has 2 saturated heterocycles. The van der Waals surface area contributed by atoms with Crippen LogP contribution in [0.2, 0.25) is 0 Å². The van der Waals surface area contributed by atoms with Crippen molar-refractivity contribution in [3.63, 3.8) is 0 Å². The Kier molecular flexibility index (Phi) is 4.60. The number of hydrogen-bond donors (Lipinski definition) is 1. The number of fused-ring (bicyclic) bond motifs is 1. The van der Waals surface area contributed by atoms with Gasteiger partial charge in [-0.1, -0.05) is 42.5 Å². The molecule has 3 aromatic carbocycles. The van der Waals surface area contributed by atoms with E-state index in [2.05, 4.69) is 0 Å². The smallest absolute Gasteiger partial charge is 0.266 e. The predicted octanol–water partition coefficient (Wildman–Crippen LogP) is 3.45. The number of hydroxylamine groups is 1. The maximum atomic E-state index is 13.5. The molecule has 156 valence electrons. The van der Waals surface area contributed by atoms with Crippen molar-refractivity contribution in [2.75, 3.05) is 17.1 Å². The molecule has 5 rings (SSSR count). The van der Waals surface area contributed by atoms with Gasteiger partial charge in [0, 0.05) is 0 Å². The summed E-state index contributed by atoms with van der Waals surface area (Å²) in [7, 11) is 1.46. The highest BCUT2D eigenvalue weighted by Gasteiger charge is 2.60. The monoisotopic (exact) mass is 416 g/mol. The average molecular weight is 416 g/mol. The molecule has 2 amide bonds. The third kappa shape index (κ3) is 3.02. The van der Waals surface area contributed by atoms with Crippen molar-refractivity contribution >= 4 is 23.2 Å². The molecule has 0 bridgehead atoms. The molecule has 1 N–H and O–H groups in total. The summed E-state index contributed by atoms with van der Waals surface area (Å²) in [5.41, 5.74) is 1.94. The number of methoxy groups -OCH3 is 1. The zero-order chi connectivity index (χ0) is 21.5. The number of rotatable bonds is 4. The molecule has 0 spiro atoms. The van der Waals surface area contributed by atoms with Crippen LogP contribution in [0.25, 0.3) is 0 Å². The summed E-state index contributed by atoms with van der Waals surface area (Å²) < 4.78 is 5.26. The fourth-order valence-corrected chi connectivity index (χ4v) is 4.26. The quantitative estimate of drug-likeness (QED) is 0.657. The van der Waals surface area contributed by atoms with Crippen molar-refractivity contribution in [1.29, 1.82) is 0 Å². The molecular formula is C24H20N2O5. The second-order valence-corrected chi connectivity index (χ2v) is 7.44. The van der Waals surface area contributed by atoms with Crippen molar-refractivity contribution in [2.45, 2.75) is 12.1 Å². The SMILES string of the molecule is COc1cc([C@H]2[C@H]3C(=O)N(c4ccccc4)C(=O)[C@H]3ON2c2ccccc2)ccc1O. The number of amides is 2. The van der Waals surface area contributed by atoms with Crippen LogP contribution in [0.5, 0.6) is 11.5 Å². The van der Waals surface area contributed by atoms with Gasteiger partial charge in [-0.2, -0.15) is 0 Å². The third-order valence-electron chi connectivity index (χ3n) is 5.69. The number of anilines is 2. The van der Waals surface area contributed by atoms with E-state index >= 15 is 0 Å². The fraction of sp³-hybridized carbons (Fsp3) is 0.167. The second-order valence-electron chi connectivity index (χ2n) is 7.44. The fourth-order valence-electron chi connectivity index (χ4n) is 4.26. The van der Waals surface area contributed by atoms with Gasteiger partial charge in [-0.15, -0.1) is 0 Å². The van der Waals surface area contributed by atoms with Gasteiger partial charge in [0.25, 0.3) is 5.91 Å². The summed E-state index contributed by atoms with van der Waals surface area (Å²) in [6.07, 6.45) is -0.947. The van der Waals surface area contributed by atoms with E-state index in [9.17, 15) is 14.7 Å². The van der Waals surface area contributed by atoms with Crippen LogP contribution < -0.4 is 14.7 Å². The Morgan fingerprint density at radius 2 is 1.52 bits per heavy atom. The number of carbonyl (C=O) groups excluding carboxylic acids is 2.